The highest BCUT2D eigenvalue weighted by Gasteiger charge is 2.28. The van der Waals surface area contributed by atoms with Crippen molar-refractivity contribution in [3.63, 3.8) is 0 Å². The summed E-state index contributed by atoms with van der Waals surface area (Å²) >= 11 is 0. The van der Waals surface area contributed by atoms with Gasteiger partial charge in [0.1, 0.15) is 5.75 Å². The number of urea groups is 1. The number of hydrogen-bond acceptors (Lipinski definition) is 4. The van der Waals surface area contributed by atoms with Gasteiger partial charge in [-0.1, -0.05) is 18.2 Å². The molecule has 6 nitrogen and oxygen atoms in total. The lowest BCUT2D eigenvalue weighted by atomic mass is 10.0. The molecule has 1 aliphatic rings. The number of methoxy groups -OCH3 is 1. The monoisotopic (exact) mass is 483 g/mol. The maximum absolute atomic E-state index is 13.9. The fourth-order valence-corrected chi connectivity index (χ4v) is 3.83. The summed E-state index contributed by atoms with van der Waals surface area (Å²) in [6, 6.07) is 10.5. The summed E-state index contributed by atoms with van der Waals surface area (Å²) in [7, 11) is 1.43. The van der Waals surface area contributed by atoms with E-state index in [0.717, 1.165) is 37.1 Å². The molecule has 1 saturated heterocycles. The van der Waals surface area contributed by atoms with Crippen LogP contribution in [0.3, 0.4) is 0 Å². The van der Waals surface area contributed by atoms with E-state index in [1.54, 1.807) is 25.1 Å². The van der Waals surface area contributed by atoms with E-state index in [-0.39, 0.29) is 35.4 Å². The standard InChI is InChI=1S/C24H29F4N3O3/c1-16(18-4-6-20(7-5-18)34-15-24(26,27)28)29-23(32)30-19-9-11-31(12-10-19)14-17-3-8-22(33-2)21(25)13-17/h3-8,13,16,19H,9-12,14-15H2,1-2H3,(H2,29,30,32). The molecule has 0 saturated carbocycles. The zero-order chi connectivity index (χ0) is 24.7. The summed E-state index contributed by atoms with van der Waals surface area (Å²) in [5.74, 6) is -0.0506. The van der Waals surface area contributed by atoms with E-state index in [0.29, 0.717) is 6.54 Å². The van der Waals surface area contributed by atoms with Gasteiger partial charge in [0.15, 0.2) is 18.2 Å². The number of hydrogen-bond donors (Lipinski definition) is 2. The van der Waals surface area contributed by atoms with Gasteiger partial charge in [-0.3, -0.25) is 4.90 Å². The first-order chi connectivity index (χ1) is 16.1. The third kappa shape index (κ3) is 7.79. The van der Waals surface area contributed by atoms with Gasteiger partial charge in [-0.15, -0.1) is 0 Å². The molecule has 1 fully saturated rings. The number of amides is 2. The number of ether oxygens (including phenoxy) is 2. The van der Waals surface area contributed by atoms with Crippen LogP contribution in [0.15, 0.2) is 42.5 Å². The number of piperidine rings is 1. The van der Waals surface area contributed by atoms with Gasteiger partial charge in [-0.25, -0.2) is 9.18 Å². The van der Waals surface area contributed by atoms with Crippen molar-refractivity contribution in [2.24, 2.45) is 0 Å². The Morgan fingerprint density at radius 1 is 1.15 bits per heavy atom. The molecule has 2 amide bonds. The minimum atomic E-state index is -4.39. The second-order valence-electron chi connectivity index (χ2n) is 8.33. The van der Waals surface area contributed by atoms with Crippen LogP contribution in [0.1, 0.15) is 36.9 Å². The molecule has 2 aromatic carbocycles. The Labute approximate surface area is 196 Å². The molecule has 1 atom stereocenters. The Kier molecular flexibility index (Phi) is 8.60. The zero-order valence-electron chi connectivity index (χ0n) is 19.1. The molecule has 2 aromatic rings. The average molecular weight is 484 g/mol. The molecule has 3 rings (SSSR count). The van der Waals surface area contributed by atoms with E-state index >= 15 is 0 Å². The number of halogens is 4. The molecule has 0 aliphatic carbocycles. The van der Waals surface area contributed by atoms with E-state index in [1.807, 2.05) is 6.07 Å². The first-order valence-corrected chi connectivity index (χ1v) is 11.0. The summed E-state index contributed by atoms with van der Waals surface area (Å²) in [6.07, 6.45) is -2.85. The van der Waals surface area contributed by atoms with Gasteiger partial charge in [0, 0.05) is 25.7 Å². The van der Waals surface area contributed by atoms with Crippen LogP contribution in [0.4, 0.5) is 22.4 Å². The second-order valence-corrected chi connectivity index (χ2v) is 8.33. The summed E-state index contributed by atoms with van der Waals surface area (Å²) in [5, 5.41) is 5.82. The molecule has 34 heavy (non-hydrogen) atoms. The minimum Gasteiger partial charge on any atom is -0.494 e. The number of carbonyl (C=O) groups is 1. The van der Waals surface area contributed by atoms with Crippen LogP contribution < -0.4 is 20.1 Å². The van der Waals surface area contributed by atoms with Crippen molar-refractivity contribution in [2.75, 3.05) is 26.8 Å². The highest BCUT2D eigenvalue weighted by molar-refractivity contribution is 5.74. The first kappa shape index (κ1) is 25.6. The predicted octanol–water partition coefficient (Wildman–Crippen LogP) is 4.80. The summed E-state index contributed by atoms with van der Waals surface area (Å²) in [5.41, 5.74) is 1.61. The molecule has 0 spiro atoms. The predicted molar refractivity (Wildman–Crippen MR) is 119 cm³/mol. The molecule has 10 heteroatoms. The number of benzene rings is 2. The lowest BCUT2D eigenvalue weighted by Gasteiger charge is -2.32. The quantitative estimate of drug-likeness (QED) is 0.530. The topological polar surface area (TPSA) is 62.8 Å². The average Bonchev–Trinajstić information content (AvgIpc) is 2.79. The Bertz CT molecular complexity index is 945. The number of likely N-dealkylation sites (tertiary alicyclic amines) is 1. The highest BCUT2D eigenvalue weighted by Crippen LogP contribution is 2.22. The van der Waals surface area contributed by atoms with E-state index in [4.69, 9.17) is 9.47 Å². The maximum Gasteiger partial charge on any atom is 0.422 e. The molecular formula is C24H29F4N3O3. The number of nitrogens with one attached hydrogen (secondary N) is 2. The van der Waals surface area contributed by atoms with E-state index in [9.17, 15) is 22.4 Å². The number of nitrogens with zero attached hydrogens (tertiary/aromatic N) is 1. The Morgan fingerprint density at radius 3 is 2.41 bits per heavy atom. The highest BCUT2D eigenvalue weighted by atomic mass is 19.4. The van der Waals surface area contributed by atoms with Gasteiger partial charge in [0.25, 0.3) is 0 Å². The maximum atomic E-state index is 13.9. The lowest BCUT2D eigenvalue weighted by Crippen LogP contribution is -2.48. The van der Waals surface area contributed by atoms with Crippen molar-refractivity contribution in [2.45, 2.75) is 44.6 Å². The van der Waals surface area contributed by atoms with Crippen LogP contribution in [0.2, 0.25) is 0 Å². The zero-order valence-corrected chi connectivity index (χ0v) is 19.1. The van der Waals surface area contributed by atoms with Crippen molar-refractivity contribution < 1.29 is 31.8 Å². The van der Waals surface area contributed by atoms with Gasteiger partial charge in [-0.05, 0) is 55.2 Å². The van der Waals surface area contributed by atoms with Gasteiger partial charge < -0.3 is 20.1 Å². The van der Waals surface area contributed by atoms with Gasteiger partial charge in [0.2, 0.25) is 0 Å². The largest absolute Gasteiger partial charge is 0.494 e. The molecule has 0 radical (unpaired) electrons. The molecule has 0 aromatic heterocycles. The van der Waals surface area contributed by atoms with Crippen molar-refractivity contribution in [1.29, 1.82) is 0 Å². The lowest BCUT2D eigenvalue weighted by molar-refractivity contribution is -0.153. The van der Waals surface area contributed by atoms with Crippen LogP contribution in [-0.4, -0.2) is 50.0 Å². The summed E-state index contributed by atoms with van der Waals surface area (Å²) in [6.45, 7) is 2.61. The number of alkyl halides is 3. The van der Waals surface area contributed by atoms with Crippen molar-refractivity contribution >= 4 is 6.03 Å². The van der Waals surface area contributed by atoms with Gasteiger partial charge in [0.05, 0.1) is 13.2 Å². The van der Waals surface area contributed by atoms with Crippen molar-refractivity contribution in [3.05, 3.63) is 59.4 Å². The van der Waals surface area contributed by atoms with E-state index in [1.165, 1.54) is 25.3 Å². The molecule has 186 valence electrons. The second kappa shape index (κ2) is 11.4. The van der Waals surface area contributed by atoms with Crippen LogP contribution in [-0.2, 0) is 6.54 Å². The number of rotatable bonds is 8. The molecule has 1 unspecified atom stereocenters. The van der Waals surface area contributed by atoms with Crippen molar-refractivity contribution in [1.82, 2.24) is 15.5 Å². The molecule has 1 aliphatic heterocycles. The molecule has 1 heterocycles. The third-order valence-corrected chi connectivity index (χ3v) is 5.68. The molecule has 0 bridgehead atoms. The van der Waals surface area contributed by atoms with Crippen LogP contribution in [0.25, 0.3) is 0 Å². The smallest absolute Gasteiger partial charge is 0.422 e. The Morgan fingerprint density at radius 2 is 1.82 bits per heavy atom. The SMILES string of the molecule is COc1ccc(CN2CCC(NC(=O)NC(C)c3ccc(OCC(F)(F)F)cc3)CC2)cc1F. The Balaban J connectivity index is 1.40. The van der Waals surface area contributed by atoms with Crippen molar-refractivity contribution in [3.8, 4) is 11.5 Å². The summed E-state index contributed by atoms with van der Waals surface area (Å²) < 4.78 is 60.3. The van der Waals surface area contributed by atoms with Crippen LogP contribution >= 0.6 is 0 Å². The summed E-state index contributed by atoms with van der Waals surface area (Å²) in [4.78, 5) is 14.6. The first-order valence-electron chi connectivity index (χ1n) is 11.0. The normalized spacial score (nSPS) is 16.1. The van der Waals surface area contributed by atoms with E-state index in [2.05, 4.69) is 15.5 Å². The molecular weight excluding hydrogens is 454 g/mol. The van der Waals surface area contributed by atoms with Gasteiger partial charge >= 0.3 is 12.2 Å². The molecule has 2 N–H and O–H groups in total. The van der Waals surface area contributed by atoms with E-state index < -0.39 is 12.8 Å². The third-order valence-electron chi connectivity index (χ3n) is 5.68. The Hall–Kier alpha value is -3.01. The van der Waals surface area contributed by atoms with Crippen LogP contribution in [0.5, 0.6) is 11.5 Å². The van der Waals surface area contributed by atoms with Gasteiger partial charge in [-0.2, -0.15) is 13.2 Å². The van der Waals surface area contributed by atoms with Crippen LogP contribution in [0, 0.1) is 5.82 Å². The fraction of sp³-hybridized carbons (Fsp3) is 0.458. The minimum absolute atomic E-state index is 0.0224. The fourth-order valence-electron chi connectivity index (χ4n) is 3.83. The number of carbonyl (C=O) groups excluding carboxylic acids is 1.